The first-order valence-electron chi connectivity index (χ1n) is 6.55. The molecule has 2 aromatic rings. The Balaban J connectivity index is 2.47. The topological polar surface area (TPSA) is 84.2 Å². The summed E-state index contributed by atoms with van der Waals surface area (Å²) in [6, 6.07) is 3.97. The van der Waals surface area contributed by atoms with E-state index in [9.17, 15) is 10.1 Å². The lowest BCUT2D eigenvalue weighted by Crippen LogP contribution is -2.24. The lowest BCUT2D eigenvalue weighted by Gasteiger charge is -2.21. The minimum Gasteiger partial charge on any atom is -0.357 e. The van der Waals surface area contributed by atoms with Crippen molar-refractivity contribution in [1.82, 2.24) is 9.97 Å². The van der Waals surface area contributed by atoms with Gasteiger partial charge in [-0.1, -0.05) is 6.07 Å². The number of hydrogen-bond acceptors (Lipinski definition) is 7. The molecule has 0 saturated carbocycles. The summed E-state index contributed by atoms with van der Waals surface area (Å²) >= 11 is 1.62. The first-order chi connectivity index (χ1) is 10.1. The molecule has 0 saturated heterocycles. The number of rotatable bonds is 6. The highest BCUT2D eigenvalue weighted by atomic mass is 32.1. The molecule has 2 rings (SSSR count). The van der Waals surface area contributed by atoms with Crippen LogP contribution >= 0.6 is 11.3 Å². The second-order valence-electron chi connectivity index (χ2n) is 4.41. The van der Waals surface area contributed by atoms with Crippen LogP contribution in [0.3, 0.4) is 0 Å². The van der Waals surface area contributed by atoms with Crippen LogP contribution in [0.25, 0.3) is 0 Å². The highest BCUT2D eigenvalue weighted by Crippen LogP contribution is 2.31. The van der Waals surface area contributed by atoms with E-state index in [0.717, 1.165) is 4.88 Å². The summed E-state index contributed by atoms with van der Waals surface area (Å²) in [6.07, 6.45) is 0. The molecule has 0 aliphatic heterocycles. The fourth-order valence-electron chi connectivity index (χ4n) is 2.03. The molecular weight excluding hydrogens is 290 g/mol. The summed E-state index contributed by atoms with van der Waals surface area (Å²) in [4.78, 5) is 22.3. The van der Waals surface area contributed by atoms with Crippen molar-refractivity contribution < 1.29 is 4.92 Å². The minimum atomic E-state index is -0.415. The molecule has 21 heavy (non-hydrogen) atoms. The van der Waals surface area contributed by atoms with Crippen molar-refractivity contribution in [3.05, 3.63) is 38.2 Å². The van der Waals surface area contributed by atoms with E-state index in [2.05, 4.69) is 15.3 Å². The summed E-state index contributed by atoms with van der Waals surface area (Å²) in [5.41, 5.74) is 0.325. The number of nitrogens with zero attached hydrogens (tertiary/aromatic N) is 4. The van der Waals surface area contributed by atoms with Gasteiger partial charge >= 0.3 is 5.69 Å². The van der Waals surface area contributed by atoms with Gasteiger partial charge in [0.1, 0.15) is 5.69 Å². The van der Waals surface area contributed by atoms with Crippen LogP contribution in [-0.4, -0.2) is 28.5 Å². The van der Waals surface area contributed by atoms with Crippen molar-refractivity contribution in [2.24, 2.45) is 0 Å². The Bertz CT molecular complexity index is 630. The smallest absolute Gasteiger partial charge is 0.332 e. The molecule has 0 radical (unpaired) electrons. The molecule has 0 aliphatic rings. The zero-order valence-electron chi connectivity index (χ0n) is 12.2. The standard InChI is InChI=1S/C13H17N5O2S/c1-4-17(8-10-6-5-7-21-10)12-11(18(19)20)9(2)15-13(14-3)16-12/h5-7H,4,8H2,1-3H3,(H,14,15,16). The summed E-state index contributed by atoms with van der Waals surface area (Å²) < 4.78 is 0. The molecule has 0 amide bonds. The lowest BCUT2D eigenvalue weighted by molar-refractivity contribution is -0.385. The summed E-state index contributed by atoms with van der Waals surface area (Å²) in [5.74, 6) is 0.741. The fraction of sp³-hybridized carbons (Fsp3) is 0.385. The van der Waals surface area contributed by atoms with Crippen molar-refractivity contribution in [3.63, 3.8) is 0 Å². The molecular formula is C13H17N5O2S. The van der Waals surface area contributed by atoms with Gasteiger partial charge in [-0.2, -0.15) is 4.98 Å². The van der Waals surface area contributed by atoms with Gasteiger partial charge in [-0.05, 0) is 25.3 Å². The molecule has 8 heteroatoms. The Morgan fingerprint density at radius 2 is 2.24 bits per heavy atom. The van der Waals surface area contributed by atoms with E-state index in [4.69, 9.17) is 0 Å². The molecule has 0 atom stereocenters. The first-order valence-corrected chi connectivity index (χ1v) is 7.42. The van der Waals surface area contributed by atoms with E-state index >= 15 is 0 Å². The van der Waals surface area contributed by atoms with Crippen LogP contribution in [0.5, 0.6) is 0 Å². The van der Waals surface area contributed by atoms with E-state index in [1.807, 2.05) is 29.3 Å². The molecule has 0 fully saturated rings. The Morgan fingerprint density at radius 3 is 2.76 bits per heavy atom. The number of anilines is 2. The van der Waals surface area contributed by atoms with Crippen molar-refractivity contribution in [2.75, 3.05) is 23.8 Å². The number of aryl methyl sites for hydroxylation is 1. The quantitative estimate of drug-likeness (QED) is 0.652. The summed E-state index contributed by atoms with van der Waals surface area (Å²) in [5, 5.41) is 16.2. The third kappa shape index (κ3) is 3.27. The lowest BCUT2D eigenvalue weighted by atomic mass is 10.3. The van der Waals surface area contributed by atoms with Gasteiger partial charge in [0.25, 0.3) is 0 Å². The van der Waals surface area contributed by atoms with Gasteiger partial charge in [-0.3, -0.25) is 10.1 Å². The highest BCUT2D eigenvalue weighted by molar-refractivity contribution is 7.09. The third-order valence-corrected chi connectivity index (χ3v) is 3.92. The van der Waals surface area contributed by atoms with Gasteiger partial charge in [0, 0.05) is 18.5 Å². The zero-order valence-corrected chi connectivity index (χ0v) is 13.0. The van der Waals surface area contributed by atoms with Crippen LogP contribution in [0.4, 0.5) is 17.5 Å². The number of nitrogens with one attached hydrogen (secondary N) is 1. The second kappa shape index (κ2) is 6.49. The molecule has 112 valence electrons. The molecule has 0 aliphatic carbocycles. The number of hydrogen-bond donors (Lipinski definition) is 1. The van der Waals surface area contributed by atoms with E-state index in [0.29, 0.717) is 30.5 Å². The van der Waals surface area contributed by atoms with Crippen molar-refractivity contribution >= 4 is 28.8 Å². The maximum atomic E-state index is 11.3. The molecule has 0 spiro atoms. The predicted molar refractivity (Wildman–Crippen MR) is 84.0 cm³/mol. The Hall–Kier alpha value is -2.22. The number of nitro groups is 1. The molecule has 1 N–H and O–H groups in total. The van der Waals surface area contributed by atoms with Crippen molar-refractivity contribution in [3.8, 4) is 0 Å². The maximum absolute atomic E-state index is 11.3. The van der Waals surface area contributed by atoms with E-state index in [-0.39, 0.29) is 5.69 Å². The largest absolute Gasteiger partial charge is 0.357 e. The molecule has 0 unspecified atom stereocenters. The van der Waals surface area contributed by atoms with E-state index in [1.54, 1.807) is 25.3 Å². The Kier molecular flexibility index (Phi) is 4.69. The van der Waals surface area contributed by atoms with Crippen LogP contribution in [0.2, 0.25) is 0 Å². The molecule has 2 heterocycles. The normalized spacial score (nSPS) is 10.4. The fourth-order valence-corrected chi connectivity index (χ4v) is 2.74. The van der Waals surface area contributed by atoms with Crippen LogP contribution in [0.15, 0.2) is 17.5 Å². The first kappa shape index (κ1) is 15.2. The predicted octanol–water partition coefficient (Wildman–Crippen LogP) is 2.82. The van der Waals surface area contributed by atoms with Crippen LogP contribution < -0.4 is 10.2 Å². The average molecular weight is 307 g/mol. The third-order valence-electron chi connectivity index (χ3n) is 3.05. The van der Waals surface area contributed by atoms with Gasteiger partial charge in [-0.25, -0.2) is 4.98 Å². The zero-order chi connectivity index (χ0) is 15.4. The maximum Gasteiger partial charge on any atom is 0.332 e. The molecule has 7 nitrogen and oxygen atoms in total. The van der Waals surface area contributed by atoms with Gasteiger partial charge < -0.3 is 10.2 Å². The van der Waals surface area contributed by atoms with Gasteiger partial charge in [0.05, 0.1) is 11.5 Å². The van der Waals surface area contributed by atoms with Crippen LogP contribution in [-0.2, 0) is 6.54 Å². The van der Waals surface area contributed by atoms with Crippen LogP contribution in [0.1, 0.15) is 17.5 Å². The van der Waals surface area contributed by atoms with Gasteiger partial charge in [-0.15, -0.1) is 11.3 Å². The molecule has 0 bridgehead atoms. The van der Waals surface area contributed by atoms with Crippen molar-refractivity contribution in [1.29, 1.82) is 0 Å². The Labute approximate surface area is 126 Å². The monoisotopic (exact) mass is 307 g/mol. The van der Waals surface area contributed by atoms with E-state index < -0.39 is 4.92 Å². The Morgan fingerprint density at radius 1 is 1.48 bits per heavy atom. The summed E-state index contributed by atoms with van der Waals surface area (Å²) in [6.45, 7) is 4.80. The van der Waals surface area contributed by atoms with Crippen molar-refractivity contribution in [2.45, 2.75) is 20.4 Å². The van der Waals surface area contributed by atoms with E-state index in [1.165, 1.54) is 0 Å². The second-order valence-corrected chi connectivity index (χ2v) is 5.44. The number of thiophene rings is 1. The highest BCUT2D eigenvalue weighted by Gasteiger charge is 2.26. The summed E-state index contributed by atoms with van der Waals surface area (Å²) in [7, 11) is 1.69. The SMILES string of the molecule is CCN(Cc1cccs1)c1nc(NC)nc(C)c1[N+](=O)[O-]. The van der Waals surface area contributed by atoms with Gasteiger partial charge in [0.2, 0.25) is 11.8 Å². The van der Waals surface area contributed by atoms with Gasteiger partial charge in [0.15, 0.2) is 0 Å². The number of aromatic nitrogens is 2. The van der Waals surface area contributed by atoms with Crippen LogP contribution in [0, 0.1) is 17.0 Å². The minimum absolute atomic E-state index is 0.0348. The molecule has 2 aromatic heterocycles. The molecule has 0 aromatic carbocycles. The average Bonchev–Trinajstić information content (AvgIpc) is 2.96.